The molecule has 1 N–H and O–H groups in total. The van der Waals surface area contributed by atoms with Crippen LogP contribution in [0.3, 0.4) is 0 Å². The molecule has 1 saturated heterocycles. The van der Waals surface area contributed by atoms with E-state index in [9.17, 15) is 9.90 Å². The molecule has 3 rings (SSSR count). The van der Waals surface area contributed by atoms with E-state index in [4.69, 9.17) is 28.0 Å². The molecule has 1 aliphatic heterocycles. The van der Waals surface area contributed by atoms with Gasteiger partial charge in [-0.3, -0.25) is 9.69 Å². The molecule has 0 spiro atoms. The number of halogens is 2. The van der Waals surface area contributed by atoms with Crippen LogP contribution in [0.2, 0.25) is 10.0 Å². The van der Waals surface area contributed by atoms with Gasteiger partial charge < -0.3 is 9.94 Å². The molecule has 0 radical (unpaired) electrons. The molecule has 28 heavy (non-hydrogen) atoms. The number of rotatable bonds is 7. The largest absolute Gasteiger partial charge is 0.481 e. The first kappa shape index (κ1) is 20.6. The number of aliphatic carboxylic acids is 1. The first-order valence-electron chi connectivity index (χ1n) is 9.20. The molecule has 1 aliphatic rings. The van der Waals surface area contributed by atoms with Gasteiger partial charge in [-0.2, -0.15) is 0 Å². The van der Waals surface area contributed by atoms with Gasteiger partial charge in [0.2, 0.25) is 0 Å². The minimum absolute atomic E-state index is 0.295. The van der Waals surface area contributed by atoms with Crippen molar-refractivity contribution in [1.29, 1.82) is 0 Å². The zero-order valence-corrected chi connectivity index (χ0v) is 16.9. The Kier molecular flexibility index (Phi) is 7.31. The number of carbonyl (C=O) groups is 1. The second-order valence-electron chi connectivity index (χ2n) is 6.76. The molecule has 7 heteroatoms. The van der Waals surface area contributed by atoms with Crippen molar-refractivity contribution in [3.05, 3.63) is 69.7 Å². The normalized spacial score (nSPS) is 17.1. The molecule has 2 aromatic rings. The van der Waals surface area contributed by atoms with E-state index in [1.54, 1.807) is 0 Å². The van der Waals surface area contributed by atoms with Gasteiger partial charge in [0.05, 0.1) is 5.92 Å². The number of piperidine rings is 1. The van der Waals surface area contributed by atoms with Gasteiger partial charge in [-0.15, -0.1) is 0 Å². The molecule has 0 amide bonds. The number of hydrogen-bond acceptors (Lipinski definition) is 4. The molecule has 0 saturated carbocycles. The van der Waals surface area contributed by atoms with E-state index < -0.39 is 5.97 Å². The Hall–Kier alpha value is -2.08. The summed E-state index contributed by atoms with van der Waals surface area (Å²) in [7, 11) is 0. The van der Waals surface area contributed by atoms with Crippen molar-refractivity contribution in [2.24, 2.45) is 11.1 Å². The Morgan fingerprint density at radius 3 is 2.18 bits per heavy atom. The van der Waals surface area contributed by atoms with Gasteiger partial charge in [-0.25, -0.2) is 0 Å². The lowest BCUT2D eigenvalue weighted by molar-refractivity contribution is -0.143. The maximum Gasteiger partial charge on any atom is 0.307 e. The summed E-state index contributed by atoms with van der Waals surface area (Å²) in [6, 6.07) is 14.8. The number of benzene rings is 2. The Balaban J connectivity index is 1.66. The van der Waals surface area contributed by atoms with Crippen LogP contribution < -0.4 is 0 Å². The van der Waals surface area contributed by atoms with Crippen LogP contribution in [0.25, 0.3) is 0 Å². The highest BCUT2D eigenvalue weighted by Gasteiger charge is 2.25. The van der Waals surface area contributed by atoms with Crippen LogP contribution in [0, 0.1) is 5.92 Å². The van der Waals surface area contributed by atoms with Gasteiger partial charge in [0, 0.05) is 34.3 Å². The van der Waals surface area contributed by atoms with Gasteiger partial charge in [0.25, 0.3) is 0 Å². The van der Waals surface area contributed by atoms with Crippen LogP contribution in [-0.4, -0.2) is 47.9 Å². The third kappa shape index (κ3) is 5.71. The van der Waals surface area contributed by atoms with Gasteiger partial charge in [0.15, 0.2) is 0 Å². The molecule has 0 aliphatic carbocycles. The summed E-state index contributed by atoms with van der Waals surface area (Å²) >= 11 is 12.0. The zero-order valence-electron chi connectivity index (χ0n) is 15.4. The van der Waals surface area contributed by atoms with Crippen molar-refractivity contribution in [3.8, 4) is 0 Å². The Bertz CT molecular complexity index is 775. The predicted octanol–water partition coefficient (Wildman–Crippen LogP) is 4.56. The second kappa shape index (κ2) is 9.92. The van der Waals surface area contributed by atoms with Gasteiger partial charge in [-0.1, -0.05) is 52.6 Å². The second-order valence-corrected chi connectivity index (χ2v) is 7.64. The molecule has 1 heterocycles. The Morgan fingerprint density at radius 2 is 1.64 bits per heavy atom. The SMILES string of the molecule is O=C(O)C1CCCN(CCON=C(c2ccc(Cl)cc2)c2ccc(Cl)cc2)C1. The zero-order chi connectivity index (χ0) is 19.9. The lowest BCUT2D eigenvalue weighted by Crippen LogP contribution is -2.40. The van der Waals surface area contributed by atoms with Crippen molar-refractivity contribution in [1.82, 2.24) is 4.90 Å². The molecule has 1 unspecified atom stereocenters. The van der Waals surface area contributed by atoms with Crippen LogP contribution in [-0.2, 0) is 9.63 Å². The quantitative estimate of drug-likeness (QED) is 0.405. The Labute approximate surface area is 174 Å². The predicted molar refractivity (Wildman–Crippen MR) is 111 cm³/mol. The van der Waals surface area contributed by atoms with Crippen molar-refractivity contribution < 1.29 is 14.7 Å². The monoisotopic (exact) mass is 420 g/mol. The molecular formula is C21H22Cl2N2O3. The molecular weight excluding hydrogens is 399 g/mol. The molecule has 148 valence electrons. The topological polar surface area (TPSA) is 62.1 Å². The minimum Gasteiger partial charge on any atom is -0.481 e. The fraction of sp³-hybridized carbons (Fsp3) is 0.333. The van der Waals surface area contributed by atoms with Gasteiger partial charge in [-0.05, 0) is 43.7 Å². The summed E-state index contributed by atoms with van der Waals surface area (Å²) in [5.41, 5.74) is 2.46. The lowest BCUT2D eigenvalue weighted by Gasteiger charge is -2.29. The molecule has 1 atom stereocenters. The highest BCUT2D eigenvalue weighted by Crippen LogP contribution is 2.18. The Morgan fingerprint density at radius 1 is 1.07 bits per heavy atom. The summed E-state index contributed by atoms with van der Waals surface area (Å²) < 4.78 is 0. The fourth-order valence-electron chi connectivity index (χ4n) is 3.23. The third-order valence-corrected chi connectivity index (χ3v) is 5.25. The maximum atomic E-state index is 11.2. The average molecular weight is 421 g/mol. The van der Waals surface area contributed by atoms with Crippen LogP contribution in [0.1, 0.15) is 24.0 Å². The van der Waals surface area contributed by atoms with Crippen molar-refractivity contribution in [2.45, 2.75) is 12.8 Å². The number of carboxylic acids is 1. The molecule has 0 bridgehead atoms. The summed E-state index contributed by atoms with van der Waals surface area (Å²) in [6.45, 7) is 2.47. The molecule has 2 aromatic carbocycles. The van der Waals surface area contributed by atoms with Crippen molar-refractivity contribution in [3.63, 3.8) is 0 Å². The van der Waals surface area contributed by atoms with Gasteiger partial charge >= 0.3 is 5.97 Å². The number of hydrogen-bond donors (Lipinski definition) is 1. The van der Waals surface area contributed by atoms with E-state index in [-0.39, 0.29) is 5.92 Å². The van der Waals surface area contributed by atoms with E-state index >= 15 is 0 Å². The summed E-state index contributed by atoms with van der Waals surface area (Å²) in [5.74, 6) is -1.02. The van der Waals surface area contributed by atoms with E-state index in [2.05, 4.69) is 10.1 Å². The third-order valence-electron chi connectivity index (χ3n) is 4.74. The highest BCUT2D eigenvalue weighted by molar-refractivity contribution is 6.31. The van der Waals surface area contributed by atoms with E-state index in [0.29, 0.717) is 35.5 Å². The standard InChI is InChI=1S/C21H22Cl2N2O3/c22-18-7-3-15(4-8-18)20(16-5-9-19(23)10-6-16)24-28-13-12-25-11-1-2-17(14-25)21(26)27/h3-10,17H,1-2,11-14H2,(H,26,27). The van der Waals surface area contributed by atoms with Crippen LogP contribution >= 0.6 is 23.2 Å². The number of nitrogens with zero attached hydrogens (tertiary/aromatic N) is 2. The first-order valence-corrected chi connectivity index (χ1v) is 9.95. The van der Waals surface area contributed by atoms with Crippen molar-refractivity contribution >= 4 is 34.9 Å². The van der Waals surface area contributed by atoms with E-state index in [1.165, 1.54) is 0 Å². The van der Waals surface area contributed by atoms with Crippen molar-refractivity contribution in [2.75, 3.05) is 26.2 Å². The minimum atomic E-state index is -0.726. The van der Waals surface area contributed by atoms with E-state index in [0.717, 1.165) is 30.5 Å². The fourth-order valence-corrected chi connectivity index (χ4v) is 3.48. The van der Waals surface area contributed by atoms with Crippen LogP contribution in [0.15, 0.2) is 53.7 Å². The average Bonchev–Trinajstić information content (AvgIpc) is 2.70. The van der Waals surface area contributed by atoms with E-state index in [1.807, 2.05) is 48.5 Å². The summed E-state index contributed by atoms with van der Waals surface area (Å²) in [5, 5.41) is 14.8. The molecule has 5 nitrogen and oxygen atoms in total. The smallest absolute Gasteiger partial charge is 0.307 e. The number of carboxylic acid groups (broad SMARTS) is 1. The van der Waals surface area contributed by atoms with Crippen LogP contribution in [0.5, 0.6) is 0 Å². The number of likely N-dealkylation sites (tertiary alicyclic amines) is 1. The maximum absolute atomic E-state index is 11.2. The molecule has 1 fully saturated rings. The summed E-state index contributed by atoms with van der Waals surface area (Å²) in [4.78, 5) is 18.9. The summed E-state index contributed by atoms with van der Waals surface area (Å²) in [6.07, 6.45) is 1.63. The van der Waals surface area contributed by atoms with Gasteiger partial charge in [0.1, 0.15) is 12.3 Å². The number of oxime groups is 1. The molecule has 0 aromatic heterocycles. The highest BCUT2D eigenvalue weighted by atomic mass is 35.5. The van der Waals surface area contributed by atoms with Crippen LogP contribution in [0.4, 0.5) is 0 Å². The first-order chi connectivity index (χ1) is 13.5. The lowest BCUT2D eigenvalue weighted by atomic mass is 9.98.